The van der Waals surface area contributed by atoms with Gasteiger partial charge in [-0.2, -0.15) is 0 Å². The van der Waals surface area contributed by atoms with Crippen LogP contribution in [0.1, 0.15) is 17.3 Å². The van der Waals surface area contributed by atoms with Crippen LogP contribution in [0.3, 0.4) is 0 Å². The maximum atomic E-state index is 13.3. The molecule has 1 rings (SSSR count). The SMILES string of the molecule is COCOC(C)Oc1ccc(F)c(C(=O)OC)c1. The van der Waals surface area contributed by atoms with Gasteiger partial charge in [0.1, 0.15) is 11.6 Å². The largest absolute Gasteiger partial charge is 0.465 e. The smallest absolute Gasteiger partial charge is 0.340 e. The summed E-state index contributed by atoms with van der Waals surface area (Å²) in [5, 5.41) is 0. The Morgan fingerprint density at radius 3 is 2.72 bits per heavy atom. The second-order valence-electron chi connectivity index (χ2n) is 3.39. The van der Waals surface area contributed by atoms with Crippen LogP contribution in [0.4, 0.5) is 4.39 Å². The standard InChI is InChI=1S/C12H15FO5/c1-8(17-7-15-2)18-9-4-5-11(13)10(6-9)12(14)16-3/h4-6,8H,7H2,1-3H3. The Morgan fingerprint density at radius 2 is 2.11 bits per heavy atom. The zero-order chi connectivity index (χ0) is 13.5. The van der Waals surface area contributed by atoms with E-state index in [1.165, 1.54) is 26.4 Å². The van der Waals surface area contributed by atoms with Gasteiger partial charge in [0, 0.05) is 7.11 Å². The van der Waals surface area contributed by atoms with Crippen molar-refractivity contribution in [1.82, 2.24) is 0 Å². The molecule has 0 bridgehead atoms. The Hall–Kier alpha value is -1.66. The molecule has 0 N–H and O–H groups in total. The summed E-state index contributed by atoms with van der Waals surface area (Å²) in [5.41, 5.74) is -0.186. The normalized spacial score (nSPS) is 12.0. The molecule has 0 aliphatic rings. The molecule has 0 fully saturated rings. The lowest BCUT2D eigenvalue weighted by atomic mass is 10.2. The van der Waals surface area contributed by atoms with Crippen LogP contribution in [-0.2, 0) is 14.2 Å². The molecule has 0 radical (unpaired) electrons. The van der Waals surface area contributed by atoms with Gasteiger partial charge in [-0.05, 0) is 25.1 Å². The summed E-state index contributed by atoms with van der Waals surface area (Å²) >= 11 is 0. The van der Waals surface area contributed by atoms with Crippen LogP contribution in [0, 0.1) is 5.82 Å². The molecule has 0 spiro atoms. The molecule has 1 atom stereocenters. The maximum Gasteiger partial charge on any atom is 0.340 e. The van der Waals surface area contributed by atoms with Crippen molar-refractivity contribution in [2.75, 3.05) is 21.0 Å². The lowest BCUT2D eigenvalue weighted by molar-refractivity contribution is -0.138. The summed E-state index contributed by atoms with van der Waals surface area (Å²) in [6.07, 6.45) is -0.582. The predicted molar refractivity (Wildman–Crippen MR) is 60.8 cm³/mol. The zero-order valence-corrected chi connectivity index (χ0v) is 10.4. The molecule has 0 heterocycles. The third-order valence-electron chi connectivity index (χ3n) is 2.07. The third-order valence-corrected chi connectivity index (χ3v) is 2.07. The van der Waals surface area contributed by atoms with Crippen molar-refractivity contribution in [3.8, 4) is 5.75 Å². The molecule has 18 heavy (non-hydrogen) atoms. The molecular weight excluding hydrogens is 243 g/mol. The molecular formula is C12H15FO5. The number of halogens is 1. The fourth-order valence-electron chi connectivity index (χ4n) is 1.23. The molecule has 1 aromatic rings. The van der Waals surface area contributed by atoms with E-state index in [4.69, 9.17) is 14.2 Å². The van der Waals surface area contributed by atoms with E-state index >= 15 is 0 Å². The van der Waals surface area contributed by atoms with Crippen molar-refractivity contribution in [3.63, 3.8) is 0 Å². The number of hydrogen-bond acceptors (Lipinski definition) is 5. The summed E-state index contributed by atoms with van der Waals surface area (Å²) in [6.45, 7) is 1.73. The minimum Gasteiger partial charge on any atom is -0.465 e. The molecule has 0 aliphatic heterocycles. The van der Waals surface area contributed by atoms with Gasteiger partial charge >= 0.3 is 5.97 Å². The van der Waals surface area contributed by atoms with Gasteiger partial charge in [-0.25, -0.2) is 9.18 Å². The van der Waals surface area contributed by atoms with Gasteiger partial charge in [0.05, 0.1) is 12.7 Å². The topological polar surface area (TPSA) is 54.0 Å². The van der Waals surface area contributed by atoms with Crippen LogP contribution in [0.15, 0.2) is 18.2 Å². The Morgan fingerprint density at radius 1 is 1.39 bits per heavy atom. The van der Waals surface area contributed by atoms with Crippen molar-refractivity contribution in [3.05, 3.63) is 29.6 Å². The number of ether oxygens (including phenoxy) is 4. The van der Waals surface area contributed by atoms with E-state index in [9.17, 15) is 9.18 Å². The quantitative estimate of drug-likeness (QED) is 0.576. The van der Waals surface area contributed by atoms with Gasteiger partial charge in [0.2, 0.25) is 0 Å². The fraction of sp³-hybridized carbons (Fsp3) is 0.417. The fourth-order valence-corrected chi connectivity index (χ4v) is 1.23. The van der Waals surface area contributed by atoms with Crippen molar-refractivity contribution in [2.45, 2.75) is 13.2 Å². The molecule has 1 unspecified atom stereocenters. The highest BCUT2D eigenvalue weighted by Gasteiger charge is 2.14. The van der Waals surface area contributed by atoms with Crippen LogP contribution in [0.2, 0.25) is 0 Å². The minimum atomic E-state index is -0.761. The van der Waals surface area contributed by atoms with E-state index in [0.717, 1.165) is 6.07 Å². The van der Waals surface area contributed by atoms with Crippen LogP contribution in [0.5, 0.6) is 5.75 Å². The maximum absolute atomic E-state index is 13.3. The number of carbonyl (C=O) groups excluding carboxylic acids is 1. The van der Waals surface area contributed by atoms with E-state index in [2.05, 4.69) is 4.74 Å². The number of hydrogen-bond donors (Lipinski definition) is 0. The van der Waals surface area contributed by atoms with Crippen LogP contribution in [-0.4, -0.2) is 33.3 Å². The second-order valence-corrected chi connectivity index (χ2v) is 3.39. The Bertz CT molecular complexity index is 407. The number of esters is 1. The Labute approximate surface area is 104 Å². The summed E-state index contributed by atoms with van der Waals surface area (Å²) in [7, 11) is 2.67. The molecule has 0 saturated carbocycles. The molecule has 100 valence electrons. The first-order valence-corrected chi connectivity index (χ1v) is 5.23. The van der Waals surface area contributed by atoms with Gasteiger partial charge in [-0.3, -0.25) is 0 Å². The van der Waals surface area contributed by atoms with Crippen LogP contribution in [0.25, 0.3) is 0 Å². The molecule has 5 nitrogen and oxygen atoms in total. The van der Waals surface area contributed by atoms with Crippen LogP contribution >= 0.6 is 0 Å². The predicted octanol–water partition coefficient (Wildman–Crippen LogP) is 1.96. The van der Waals surface area contributed by atoms with Crippen molar-refractivity contribution in [2.24, 2.45) is 0 Å². The van der Waals surface area contributed by atoms with E-state index in [0.29, 0.717) is 5.75 Å². The highest BCUT2D eigenvalue weighted by molar-refractivity contribution is 5.90. The second kappa shape index (κ2) is 6.93. The number of benzene rings is 1. The minimum absolute atomic E-state index is 0.0756. The van der Waals surface area contributed by atoms with E-state index < -0.39 is 18.1 Å². The van der Waals surface area contributed by atoms with Crippen molar-refractivity contribution >= 4 is 5.97 Å². The third kappa shape index (κ3) is 3.97. The van der Waals surface area contributed by atoms with Gasteiger partial charge in [0.15, 0.2) is 13.1 Å². The summed E-state index contributed by atoms with van der Waals surface area (Å²) < 4.78 is 32.9. The first-order valence-electron chi connectivity index (χ1n) is 5.23. The van der Waals surface area contributed by atoms with E-state index in [1.807, 2.05) is 0 Å². The summed E-state index contributed by atoms with van der Waals surface area (Å²) in [4.78, 5) is 11.3. The number of methoxy groups -OCH3 is 2. The van der Waals surface area contributed by atoms with Crippen molar-refractivity contribution in [1.29, 1.82) is 0 Å². The first kappa shape index (κ1) is 14.4. The van der Waals surface area contributed by atoms with E-state index in [-0.39, 0.29) is 12.4 Å². The highest BCUT2D eigenvalue weighted by atomic mass is 19.1. The number of carbonyl (C=O) groups is 1. The average molecular weight is 258 g/mol. The lowest BCUT2D eigenvalue weighted by Gasteiger charge is -2.15. The van der Waals surface area contributed by atoms with Gasteiger partial charge in [-0.1, -0.05) is 0 Å². The Kier molecular flexibility index (Phi) is 5.54. The summed E-state index contributed by atoms with van der Waals surface area (Å²) in [5.74, 6) is -1.12. The molecule has 6 heteroatoms. The lowest BCUT2D eigenvalue weighted by Crippen LogP contribution is -2.18. The van der Waals surface area contributed by atoms with Gasteiger partial charge < -0.3 is 18.9 Å². The molecule has 0 aliphatic carbocycles. The molecule has 0 saturated heterocycles. The first-order chi connectivity index (χ1) is 8.58. The molecule has 0 amide bonds. The monoisotopic (exact) mass is 258 g/mol. The highest BCUT2D eigenvalue weighted by Crippen LogP contribution is 2.19. The summed E-state index contributed by atoms with van der Waals surface area (Å²) in [6, 6.07) is 3.78. The van der Waals surface area contributed by atoms with E-state index in [1.54, 1.807) is 6.92 Å². The average Bonchev–Trinajstić information content (AvgIpc) is 2.37. The zero-order valence-electron chi connectivity index (χ0n) is 10.4. The number of rotatable bonds is 6. The molecule has 1 aromatic carbocycles. The van der Waals surface area contributed by atoms with Gasteiger partial charge in [0.25, 0.3) is 0 Å². The van der Waals surface area contributed by atoms with Crippen molar-refractivity contribution < 1.29 is 28.1 Å². The van der Waals surface area contributed by atoms with Crippen LogP contribution < -0.4 is 4.74 Å². The Balaban J connectivity index is 2.75. The van der Waals surface area contributed by atoms with Gasteiger partial charge in [-0.15, -0.1) is 0 Å². The molecule has 0 aromatic heterocycles.